The first-order valence-electron chi connectivity index (χ1n) is 9.26. The van der Waals surface area contributed by atoms with E-state index < -0.39 is 11.7 Å². The Kier molecular flexibility index (Phi) is 8.06. The molecule has 0 unspecified atom stereocenters. The third-order valence-electron chi connectivity index (χ3n) is 3.69. The van der Waals surface area contributed by atoms with Crippen LogP contribution in [0.2, 0.25) is 0 Å². The molecule has 0 aliphatic rings. The Labute approximate surface area is 157 Å². The van der Waals surface area contributed by atoms with Crippen molar-refractivity contribution < 1.29 is 14.3 Å². The van der Waals surface area contributed by atoms with Gasteiger partial charge in [-0.15, -0.1) is 0 Å². The van der Waals surface area contributed by atoms with Gasteiger partial charge in [0.05, 0.1) is 5.56 Å². The first-order chi connectivity index (χ1) is 12.0. The standard InChI is InChI=1S/C20H33N3O3/c1-14(2)23(15(3)4)18-16(10-8-12-21-18)17(24)11-9-13-22-19(25)26-20(5,6)7/h8,10,12,14-15H,9,11,13H2,1-7H3,(H,22,25). The first-order valence-corrected chi connectivity index (χ1v) is 9.26. The van der Waals surface area contributed by atoms with Crippen LogP contribution in [0.3, 0.4) is 0 Å². The molecule has 0 atom stereocenters. The van der Waals surface area contributed by atoms with E-state index in [0.29, 0.717) is 24.9 Å². The third-order valence-corrected chi connectivity index (χ3v) is 3.69. The van der Waals surface area contributed by atoms with Crippen LogP contribution in [-0.2, 0) is 4.74 Å². The number of nitrogens with zero attached hydrogens (tertiary/aromatic N) is 2. The number of carbonyl (C=O) groups excluding carboxylic acids is 2. The van der Waals surface area contributed by atoms with Gasteiger partial charge in [-0.25, -0.2) is 9.78 Å². The van der Waals surface area contributed by atoms with Crippen molar-refractivity contribution in [1.82, 2.24) is 10.3 Å². The van der Waals surface area contributed by atoms with Gasteiger partial charge < -0.3 is 15.0 Å². The monoisotopic (exact) mass is 363 g/mol. The molecule has 26 heavy (non-hydrogen) atoms. The van der Waals surface area contributed by atoms with Crippen LogP contribution in [0.4, 0.5) is 10.6 Å². The normalized spacial score (nSPS) is 11.6. The van der Waals surface area contributed by atoms with Gasteiger partial charge in [0, 0.05) is 31.2 Å². The van der Waals surface area contributed by atoms with Crippen molar-refractivity contribution >= 4 is 17.7 Å². The number of hydrogen-bond acceptors (Lipinski definition) is 5. The minimum absolute atomic E-state index is 0.0328. The van der Waals surface area contributed by atoms with Crippen LogP contribution >= 0.6 is 0 Å². The van der Waals surface area contributed by atoms with Crippen molar-refractivity contribution in [3.63, 3.8) is 0 Å². The van der Waals surface area contributed by atoms with Gasteiger partial charge >= 0.3 is 6.09 Å². The fraction of sp³-hybridized carbons (Fsp3) is 0.650. The maximum absolute atomic E-state index is 12.7. The van der Waals surface area contributed by atoms with E-state index in [2.05, 4.69) is 42.9 Å². The molecule has 6 nitrogen and oxygen atoms in total. The number of anilines is 1. The van der Waals surface area contributed by atoms with E-state index in [9.17, 15) is 9.59 Å². The number of amides is 1. The highest BCUT2D eigenvalue weighted by Gasteiger charge is 2.22. The maximum atomic E-state index is 12.7. The minimum Gasteiger partial charge on any atom is -0.444 e. The summed E-state index contributed by atoms with van der Waals surface area (Å²) in [5.74, 6) is 0.757. The fourth-order valence-electron chi connectivity index (χ4n) is 2.79. The maximum Gasteiger partial charge on any atom is 0.407 e. The SMILES string of the molecule is CC(C)N(c1ncccc1C(=O)CCCNC(=O)OC(C)(C)C)C(C)C. The molecule has 1 rings (SSSR count). The van der Waals surface area contributed by atoms with E-state index in [1.165, 1.54) is 0 Å². The Morgan fingerprint density at radius 1 is 1.19 bits per heavy atom. The molecule has 6 heteroatoms. The van der Waals surface area contributed by atoms with Gasteiger partial charge in [0.15, 0.2) is 5.78 Å². The molecule has 146 valence electrons. The second kappa shape index (κ2) is 9.55. The van der Waals surface area contributed by atoms with Gasteiger partial charge in [-0.1, -0.05) is 0 Å². The zero-order valence-corrected chi connectivity index (χ0v) is 17.1. The number of Topliss-reactive ketones (excluding diaryl/α,β-unsaturated/α-hetero) is 1. The van der Waals surface area contributed by atoms with Crippen molar-refractivity contribution in [2.24, 2.45) is 0 Å². The predicted octanol–water partition coefficient (Wildman–Crippen LogP) is 4.19. The summed E-state index contributed by atoms with van der Waals surface area (Å²) in [5.41, 5.74) is 0.106. The lowest BCUT2D eigenvalue weighted by Gasteiger charge is -2.33. The number of carbonyl (C=O) groups is 2. The molecular formula is C20H33N3O3. The molecule has 0 fully saturated rings. The largest absolute Gasteiger partial charge is 0.444 e. The van der Waals surface area contributed by atoms with Crippen molar-refractivity contribution in [2.75, 3.05) is 11.4 Å². The highest BCUT2D eigenvalue weighted by molar-refractivity contribution is 6.00. The van der Waals surface area contributed by atoms with Crippen LogP contribution in [0.15, 0.2) is 18.3 Å². The van der Waals surface area contributed by atoms with Gasteiger partial charge in [-0.3, -0.25) is 4.79 Å². The zero-order chi connectivity index (χ0) is 19.9. The second-order valence-electron chi connectivity index (χ2n) is 7.92. The summed E-state index contributed by atoms with van der Waals surface area (Å²) >= 11 is 0. The van der Waals surface area contributed by atoms with E-state index >= 15 is 0 Å². The summed E-state index contributed by atoms with van der Waals surface area (Å²) in [7, 11) is 0. The van der Waals surface area contributed by atoms with Crippen LogP contribution in [0.25, 0.3) is 0 Å². The first kappa shape index (κ1) is 21.9. The number of hydrogen-bond donors (Lipinski definition) is 1. The van der Waals surface area contributed by atoms with Crippen LogP contribution in [0.5, 0.6) is 0 Å². The lowest BCUT2D eigenvalue weighted by molar-refractivity contribution is 0.0525. The molecule has 1 heterocycles. The van der Waals surface area contributed by atoms with Gasteiger partial charge in [-0.2, -0.15) is 0 Å². The summed E-state index contributed by atoms with van der Waals surface area (Å²) in [5, 5.41) is 2.68. The van der Waals surface area contributed by atoms with Gasteiger partial charge in [0.2, 0.25) is 0 Å². The van der Waals surface area contributed by atoms with E-state index in [1.807, 2.05) is 26.8 Å². The molecule has 0 aromatic carbocycles. The summed E-state index contributed by atoms with van der Waals surface area (Å²) in [4.78, 5) is 30.9. The number of nitrogens with one attached hydrogen (secondary N) is 1. The van der Waals surface area contributed by atoms with E-state index in [0.717, 1.165) is 5.82 Å². The van der Waals surface area contributed by atoms with Gasteiger partial charge in [0.25, 0.3) is 0 Å². The summed E-state index contributed by atoms with van der Waals surface area (Å²) < 4.78 is 5.18. The van der Waals surface area contributed by atoms with Crippen molar-refractivity contribution in [3.05, 3.63) is 23.9 Å². The summed E-state index contributed by atoms with van der Waals surface area (Å²) in [6.07, 6.45) is 2.15. The molecule has 1 aromatic heterocycles. The summed E-state index contributed by atoms with van der Waals surface area (Å²) in [6.45, 7) is 14.2. The molecule has 0 radical (unpaired) electrons. The highest BCUT2D eigenvalue weighted by atomic mass is 16.6. The Balaban J connectivity index is 2.67. The lowest BCUT2D eigenvalue weighted by atomic mass is 10.1. The number of ketones is 1. The third kappa shape index (κ3) is 7.02. The van der Waals surface area contributed by atoms with E-state index in [1.54, 1.807) is 12.3 Å². The van der Waals surface area contributed by atoms with Crippen molar-refractivity contribution in [2.45, 2.75) is 79.0 Å². The molecule has 1 N–H and O–H groups in total. The molecule has 0 aliphatic carbocycles. The molecule has 1 amide bonds. The van der Waals surface area contributed by atoms with Gasteiger partial charge in [-0.05, 0) is 67.0 Å². The van der Waals surface area contributed by atoms with Crippen LogP contribution in [0, 0.1) is 0 Å². The smallest absolute Gasteiger partial charge is 0.407 e. The number of ether oxygens (including phenoxy) is 1. The Hall–Kier alpha value is -2.11. The van der Waals surface area contributed by atoms with Crippen molar-refractivity contribution in [1.29, 1.82) is 0 Å². The Morgan fingerprint density at radius 3 is 2.35 bits per heavy atom. The van der Waals surface area contributed by atoms with Crippen LogP contribution in [0.1, 0.15) is 71.7 Å². The number of pyridine rings is 1. The molecule has 0 saturated carbocycles. The number of rotatable bonds is 8. The van der Waals surface area contributed by atoms with E-state index in [-0.39, 0.29) is 17.9 Å². The van der Waals surface area contributed by atoms with Crippen LogP contribution in [-0.4, -0.2) is 41.1 Å². The fourth-order valence-corrected chi connectivity index (χ4v) is 2.79. The predicted molar refractivity (Wildman–Crippen MR) is 105 cm³/mol. The van der Waals surface area contributed by atoms with Gasteiger partial charge in [0.1, 0.15) is 11.4 Å². The molecule has 0 spiro atoms. The minimum atomic E-state index is -0.526. The Morgan fingerprint density at radius 2 is 1.81 bits per heavy atom. The molecule has 0 bridgehead atoms. The summed E-state index contributed by atoms with van der Waals surface area (Å²) in [6, 6.07) is 4.09. The topological polar surface area (TPSA) is 71.5 Å². The Bertz CT molecular complexity index is 599. The number of alkyl carbamates (subject to hydrolysis) is 1. The lowest BCUT2D eigenvalue weighted by Crippen LogP contribution is -2.38. The number of aromatic nitrogens is 1. The van der Waals surface area contributed by atoms with Crippen LogP contribution < -0.4 is 10.2 Å². The zero-order valence-electron chi connectivity index (χ0n) is 17.1. The molecular weight excluding hydrogens is 330 g/mol. The molecule has 0 aliphatic heterocycles. The average Bonchev–Trinajstić information content (AvgIpc) is 2.49. The molecule has 1 aromatic rings. The average molecular weight is 364 g/mol. The van der Waals surface area contributed by atoms with Crippen molar-refractivity contribution in [3.8, 4) is 0 Å². The second-order valence-corrected chi connectivity index (χ2v) is 7.92. The van der Waals surface area contributed by atoms with E-state index in [4.69, 9.17) is 4.74 Å². The molecule has 0 saturated heterocycles. The highest BCUT2D eigenvalue weighted by Crippen LogP contribution is 2.23. The quantitative estimate of drug-likeness (QED) is 0.554.